The van der Waals surface area contributed by atoms with E-state index in [1.807, 2.05) is 0 Å². The summed E-state index contributed by atoms with van der Waals surface area (Å²) in [6, 6.07) is 0.259. The van der Waals surface area contributed by atoms with Gasteiger partial charge in [-0.2, -0.15) is 25.3 Å². The van der Waals surface area contributed by atoms with Gasteiger partial charge in [-0.3, -0.25) is 0 Å². The predicted molar refractivity (Wildman–Crippen MR) is 103 cm³/mol. The monoisotopic (exact) mass is 342 g/mol. The third kappa shape index (κ3) is 1.34. The van der Waals surface area contributed by atoms with E-state index in [-0.39, 0.29) is 10.8 Å². The first-order chi connectivity index (χ1) is 11.1. The number of fused-ring (bicyclic) bond motifs is 11. The summed E-state index contributed by atoms with van der Waals surface area (Å²) in [4.78, 5) is 0. The molecule has 0 aromatic rings. The molecule has 0 spiro atoms. The van der Waals surface area contributed by atoms with Gasteiger partial charge >= 0.3 is 0 Å². The molecule has 0 N–H and O–H groups in total. The Morgan fingerprint density at radius 2 is 1.78 bits per heavy atom. The third-order valence-corrected chi connectivity index (χ3v) is 10.8. The van der Waals surface area contributed by atoms with Crippen molar-refractivity contribution in [1.29, 1.82) is 0 Å². The maximum atomic E-state index is 5.67. The van der Waals surface area contributed by atoms with Crippen LogP contribution in [0, 0.1) is 65.3 Å². The molecule has 0 aromatic carbocycles. The average Bonchev–Trinajstić information content (AvgIpc) is 3.13. The van der Waals surface area contributed by atoms with Crippen LogP contribution in [0.1, 0.15) is 19.3 Å². The second-order valence-electron chi connectivity index (χ2n) is 9.40. The zero-order valence-corrected chi connectivity index (χ0v) is 15.6. The minimum Gasteiger partial charge on any atom is -0.453 e. The van der Waals surface area contributed by atoms with Gasteiger partial charge in [0.1, 0.15) is 14.0 Å². The quantitative estimate of drug-likeness (QED) is 0.381. The van der Waals surface area contributed by atoms with Crippen LogP contribution in [0.2, 0.25) is 5.82 Å². The fourth-order valence-corrected chi connectivity index (χ4v) is 10.8. The zero-order chi connectivity index (χ0) is 15.7. The van der Waals surface area contributed by atoms with Gasteiger partial charge in [-0.1, -0.05) is 18.2 Å². The lowest BCUT2D eigenvalue weighted by molar-refractivity contribution is -0.180. The molecular weight excluding hydrogens is 318 g/mol. The van der Waals surface area contributed by atoms with Gasteiger partial charge in [0.05, 0.1) is 6.00 Å². The van der Waals surface area contributed by atoms with Crippen LogP contribution in [0.25, 0.3) is 0 Å². The lowest BCUT2D eigenvalue weighted by Gasteiger charge is -2.75. The number of thiol groups is 2. The molecule has 5 aliphatic carbocycles. The number of rotatable bonds is 0. The largest absolute Gasteiger partial charge is 0.453 e. The topological polar surface area (TPSA) is 9.23 Å². The number of ether oxygens (including phenoxy) is 1. The maximum Gasteiger partial charge on any atom is 0.156 e. The molecule has 5 saturated carbocycles. The lowest BCUT2D eigenvalue weighted by Crippen LogP contribution is -2.78. The fraction of sp³-hybridized carbons (Fsp3) is 0.889. The highest BCUT2D eigenvalue weighted by Crippen LogP contribution is 2.83. The van der Waals surface area contributed by atoms with Crippen molar-refractivity contribution in [3.8, 4) is 12.0 Å². The molecule has 1 aliphatic heterocycles. The highest BCUT2D eigenvalue weighted by Gasteiger charge is 2.82. The van der Waals surface area contributed by atoms with Crippen molar-refractivity contribution in [2.24, 2.45) is 53.3 Å². The van der Waals surface area contributed by atoms with Crippen LogP contribution in [0.4, 0.5) is 0 Å². The van der Waals surface area contributed by atoms with Crippen LogP contribution in [0.5, 0.6) is 0 Å². The van der Waals surface area contributed by atoms with Crippen LogP contribution in [0.3, 0.4) is 0 Å². The molecule has 0 aromatic heterocycles. The van der Waals surface area contributed by atoms with Crippen LogP contribution in [-0.4, -0.2) is 31.7 Å². The molecule has 23 heavy (non-hydrogen) atoms. The summed E-state index contributed by atoms with van der Waals surface area (Å²) in [6.45, 7) is 0. The van der Waals surface area contributed by atoms with Crippen molar-refractivity contribution < 1.29 is 4.74 Å². The fourth-order valence-electron chi connectivity index (χ4n) is 8.83. The Kier molecular flexibility index (Phi) is 2.68. The predicted octanol–water partition coefficient (Wildman–Crippen LogP) is 1.11. The average molecular weight is 342 g/mol. The number of hydrogen-bond donors (Lipinski definition) is 2. The van der Waals surface area contributed by atoms with Crippen LogP contribution < -0.4 is 0 Å². The van der Waals surface area contributed by atoms with Gasteiger partial charge in [0, 0.05) is 21.8 Å². The van der Waals surface area contributed by atoms with E-state index in [2.05, 4.69) is 27.7 Å². The molecule has 5 heteroatoms. The standard InChI is InChI=1S/C18H24B2OS2/c19-15-11-9(6-2-1-3-7(6)16(11)22)10-12-8-4-5-21-17(20)13(8)18(12,23)14(10)15/h6-17,22-23H,1-3,19-20H2/t6?,7?,8?,9?,10?,11?,12-,13?,14?,15?,16?,17?,18?/m0/s1. The highest BCUT2D eigenvalue weighted by atomic mass is 32.1. The molecule has 12 unspecified atom stereocenters. The van der Waals surface area contributed by atoms with Gasteiger partial charge in [0.15, 0.2) is 7.85 Å². The molecule has 6 aliphatic rings. The Morgan fingerprint density at radius 3 is 2.61 bits per heavy atom. The Labute approximate surface area is 152 Å². The zero-order valence-electron chi connectivity index (χ0n) is 13.9. The van der Waals surface area contributed by atoms with Crippen molar-refractivity contribution >= 4 is 41.0 Å². The molecular formula is C18H24B2OS2. The van der Waals surface area contributed by atoms with E-state index in [1.54, 1.807) is 0 Å². The summed E-state index contributed by atoms with van der Waals surface area (Å²) in [7, 11) is 4.73. The van der Waals surface area contributed by atoms with Crippen molar-refractivity contribution in [1.82, 2.24) is 0 Å². The molecule has 0 amide bonds. The smallest absolute Gasteiger partial charge is 0.156 e. The van der Waals surface area contributed by atoms with Crippen molar-refractivity contribution in [2.45, 2.75) is 41.1 Å². The molecule has 13 atom stereocenters. The van der Waals surface area contributed by atoms with Gasteiger partial charge in [-0.25, -0.2) is 0 Å². The molecule has 120 valence electrons. The summed E-state index contributed by atoms with van der Waals surface area (Å²) in [5, 5.41) is 0.645. The summed E-state index contributed by atoms with van der Waals surface area (Å²) in [5.74, 6) is 11.4. The minimum absolute atomic E-state index is 0.204. The first-order valence-corrected chi connectivity index (χ1v) is 10.6. The van der Waals surface area contributed by atoms with Gasteiger partial charge in [0.2, 0.25) is 0 Å². The van der Waals surface area contributed by atoms with E-state index in [0.29, 0.717) is 17.1 Å². The van der Waals surface area contributed by atoms with Crippen LogP contribution in [0.15, 0.2) is 0 Å². The van der Waals surface area contributed by atoms with Gasteiger partial charge in [-0.15, -0.1) is 0 Å². The lowest BCUT2D eigenvalue weighted by atomic mass is 9.33. The van der Waals surface area contributed by atoms with Crippen LogP contribution in [-0.2, 0) is 4.74 Å². The first-order valence-electron chi connectivity index (χ1n) is 9.63. The van der Waals surface area contributed by atoms with E-state index in [4.69, 9.17) is 30.0 Å². The molecule has 0 bridgehead atoms. The van der Waals surface area contributed by atoms with Crippen molar-refractivity contribution in [2.75, 3.05) is 0 Å². The Morgan fingerprint density at radius 1 is 1.00 bits per heavy atom. The van der Waals surface area contributed by atoms with E-state index < -0.39 is 0 Å². The third-order valence-electron chi connectivity index (χ3n) is 9.20. The summed E-state index contributed by atoms with van der Waals surface area (Å²) >= 11 is 10.5. The second-order valence-corrected chi connectivity index (χ2v) is 10.8. The van der Waals surface area contributed by atoms with E-state index in [9.17, 15) is 0 Å². The Bertz CT molecular complexity index is 647. The number of hydrogen-bond acceptors (Lipinski definition) is 3. The molecule has 1 heterocycles. The summed E-state index contributed by atoms with van der Waals surface area (Å²) in [6.07, 6.45) is 7.31. The second kappa shape index (κ2) is 4.29. The van der Waals surface area contributed by atoms with Crippen LogP contribution >= 0.6 is 25.3 Å². The Balaban J connectivity index is 1.42. The van der Waals surface area contributed by atoms with E-state index >= 15 is 0 Å². The maximum absolute atomic E-state index is 5.67. The summed E-state index contributed by atoms with van der Waals surface area (Å²) < 4.78 is 5.88. The minimum atomic E-state index is 0.204. The normalized spacial score (nSPS) is 69.7. The molecule has 0 saturated heterocycles. The first kappa shape index (κ1) is 14.4. The van der Waals surface area contributed by atoms with Gasteiger partial charge in [0.25, 0.3) is 0 Å². The molecule has 6 rings (SSSR count). The summed E-state index contributed by atoms with van der Waals surface area (Å²) in [5.41, 5.74) is 0. The van der Waals surface area contributed by atoms with Crippen molar-refractivity contribution in [3.63, 3.8) is 0 Å². The van der Waals surface area contributed by atoms with Gasteiger partial charge in [-0.05, 0) is 54.3 Å². The van der Waals surface area contributed by atoms with E-state index in [1.165, 1.54) is 19.3 Å². The van der Waals surface area contributed by atoms with Crippen molar-refractivity contribution in [3.05, 3.63) is 0 Å². The van der Waals surface area contributed by atoms with E-state index in [0.717, 1.165) is 47.2 Å². The Hall–Kier alpha value is 0.190. The molecule has 5 fully saturated rings. The molecule has 0 radical (unpaired) electrons. The molecule has 1 nitrogen and oxygen atoms in total. The SMILES string of the molecule is BC1OC#CC2C1C1(S)C3C(B)C4C(S)C5CCCC5C4C3[C@H]21. The van der Waals surface area contributed by atoms with Gasteiger partial charge < -0.3 is 4.74 Å². The highest BCUT2D eigenvalue weighted by molar-refractivity contribution is 7.82.